The lowest BCUT2D eigenvalue weighted by Gasteiger charge is -2.20. The quantitative estimate of drug-likeness (QED) is 0.857. The molecule has 1 aliphatic rings. The maximum atomic E-state index is 8.80. The van der Waals surface area contributed by atoms with Crippen molar-refractivity contribution in [2.24, 2.45) is 0 Å². The lowest BCUT2D eigenvalue weighted by molar-refractivity contribution is 0.289. The lowest BCUT2D eigenvalue weighted by atomic mass is 10.2. The molecule has 0 atom stereocenters. The Kier molecular flexibility index (Phi) is 4.46. The molecule has 4 heteroatoms. The first-order valence-electron chi connectivity index (χ1n) is 6.42. The first-order valence-corrected chi connectivity index (χ1v) is 6.80. The molecule has 1 saturated carbocycles. The maximum absolute atomic E-state index is 8.80. The lowest BCUT2D eigenvalue weighted by Crippen LogP contribution is -2.30. The van der Waals surface area contributed by atoms with Crippen LogP contribution >= 0.6 is 11.6 Å². The first kappa shape index (κ1) is 13.2. The summed E-state index contributed by atoms with van der Waals surface area (Å²) in [7, 11) is 0. The second kappa shape index (κ2) is 6.08. The van der Waals surface area contributed by atoms with Crippen molar-refractivity contribution in [1.82, 2.24) is 4.90 Å². The third kappa shape index (κ3) is 3.38. The molecule has 1 aromatic rings. The van der Waals surface area contributed by atoms with Crippen molar-refractivity contribution in [2.45, 2.75) is 25.8 Å². The summed E-state index contributed by atoms with van der Waals surface area (Å²) >= 11 is 5.99. The van der Waals surface area contributed by atoms with E-state index in [0.717, 1.165) is 31.4 Å². The van der Waals surface area contributed by atoms with Crippen LogP contribution in [0.15, 0.2) is 18.2 Å². The van der Waals surface area contributed by atoms with Gasteiger partial charge in [0, 0.05) is 24.8 Å². The highest BCUT2D eigenvalue weighted by Crippen LogP contribution is 2.26. The smallest absolute Gasteiger partial charge is 0.101 e. The standard InChI is InChI=1S/C14H18ClN3/c1-2-18(13-5-6-13)8-7-17-12-4-3-11(10-16)14(15)9-12/h3-4,9,13,17H,2,5-8H2,1H3. The minimum absolute atomic E-state index is 0.511. The summed E-state index contributed by atoms with van der Waals surface area (Å²) in [5.41, 5.74) is 1.50. The van der Waals surface area contributed by atoms with Crippen LogP contribution in [0.4, 0.5) is 5.69 Å². The zero-order valence-electron chi connectivity index (χ0n) is 10.6. The molecule has 0 spiro atoms. The van der Waals surface area contributed by atoms with Crippen molar-refractivity contribution in [3.05, 3.63) is 28.8 Å². The fraction of sp³-hybridized carbons (Fsp3) is 0.500. The van der Waals surface area contributed by atoms with E-state index in [-0.39, 0.29) is 0 Å². The van der Waals surface area contributed by atoms with Crippen LogP contribution in [0.2, 0.25) is 5.02 Å². The van der Waals surface area contributed by atoms with E-state index in [1.807, 2.05) is 12.1 Å². The molecule has 3 nitrogen and oxygen atoms in total. The third-order valence-corrected chi connectivity index (χ3v) is 3.60. The van der Waals surface area contributed by atoms with Crippen LogP contribution < -0.4 is 5.32 Å². The first-order chi connectivity index (χ1) is 8.74. The molecule has 0 unspecified atom stereocenters. The molecular weight excluding hydrogens is 246 g/mol. The summed E-state index contributed by atoms with van der Waals surface area (Å²) in [6.07, 6.45) is 2.69. The zero-order chi connectivity index (χ0) is 13.0. The minimum Gasteiger partial charge on any atom is -0.384 e. The number of hydrogen-bond donors (Lipinski definition) is 1. The molecule has 0 aliphatic heterocycles. The predicted molar refractivity (Wildman–Crippen MR) is 74.9 cm³/mol. The second-order valence-corrected chi connectivity index (χ2v) is 5.00. The van der Waals surface area contributed by atoms with E-state index < -0.39 is 0 Å². The fourth-order valence-electron chi connectivity index (χ4n) is 2.10. The molecule has 0 heterocycles. The van der Waals surface area contributed by atoms with Gasteiger partial charge < -0.3 is 5.32 Å². The van der Waals surface area contributed by atoms with Gasteiger partial charge in [-0.3, -0.25) is 4.90 Å². The van der Waals surface area contributed by atoms with Gasteiger partial charge in [-0.15, -0.1) is 0 Å². The van der Waals surface area contributed by atoms with Crippen molar-refractivity contribution < 1.29 is 0 Å². The summed E-state index contributed by atoms with van der Waals surface area (Å²) in [5, 5.41) is 12.7. The van der Waals surface area contributed by atoms with Gasteiger partial charge in [0.25, 0.3) is 0 Å². The number of rotatable bonds is 6. The van der Waals surface area contributed by atoms with Gasteiger partial charge in [-0.2, -0.15) is 5.26 Å². The van der Waals surface area contributed by atoms with Crippen LogP contribution in [0, 0.1) is 11.3 Å². The number of nitrogens with one attached hydrogen (secondary N) is 1. The molecule has 96 valence electrons. The molecule has 2 rings (SSSR count). The van der Waals surface area contributed by atoms with Crippen LogP contribution in [-0.4, -0.2) is 30.6 Å². The summed E-state index contributed by atoms with van der Waals surface area (Å²) < 4.78 is 0. The van der Waals surface area contributed by atoms with Gasteiger partial charge in [0.2, 0.25) is 0 Å². The highest BCUT2D eigenvalue weighted by Gasteiger charge is 2.26. The van der Waals surface area contributed by atoms with Gasteiger partial charge in [-0.1, -0.05) is 18.5 Å². The fourth-order valence-corrected chi connectivity index (χ4v) is 2.32. The van der Waals surface area contributed by atoms with Crippen LogP contribution in [-0.2, 0) is 0 Å². The molecule has 0 bridgehead atoms. The summed E-state index contributed by atoms with van der Waals surface area (Å²) in [6.45, 7) is 5.28. The Morgan fingerprint density at radius 2 is 2.28 bits per heavy atom. The number of benzene rings is 1. The van der Waals surface area contributed by atoms with Gasteiger partial charge in [0.05, 0.1) is 10.6 Å². The van der Waals surface area contributed by atoms with Crippen LogP contribution in [0.1, 0.15) is 25.3 Å². The number of halogens is 1. The predicted octanol–water partition coefficient (Wildman–Crippen LogP) is 3.11. The van der Waals surface area contributed by atoms with E-state index in [1.54, 1.807) is 6.07 Å². The number of hydrogen-bond acceptors (Lipinski definition) is 3. The summed E-state index contributed by atoms with van der Waals surface area (Å²) in [5.74, 6) is 0. The maximum Gasteiger partial charge on any atom is 0.101 e. The highest BCUT2D eigenvalue weighted by atomic mass is 35.5. The van der Waals surface area contributed by atoms with Crippen LogP contribution in [0.5, 0.6) is 0 Å². The largest absolute Gasteiger partial charge is 0.384 e. The molecular formula is C14H18ClN3. The number of likely N-dealkylation sites (N-methyl/N-ethyl adjacent to an activating group) is 1. The zero-order valence-corrected chi connectivity index (χ0v) is 11.4. The van der Waals surface area contributed by atoms with Crippen molar-refractivity contribution in [3.8, 4) is 6.07 Å². The van der Waals surface area contributed by atoms with Crippen molar-refractivity contribution in [1.29, 1.82) is 5.26 Å². The Bertz CT molecular complexity index is 449. The van der Waals surface area contributed by atoms with E-state index in [0.29, 0.717) is 10.6 Å². The van der Waals surface area contributed by atoms with E-state index in [4.69, 9.17) is 16.9 Å². The monoisotopic (exact) mass is 263 g/mol. The molecule has 18 heavy (non-hydrogen) atoms. The number of anilines is 1. The Balaban J connectivity index is 1.83. The number of nitriles is 1. The normalized spacial score (nSPS) is 14.6. The van der Waals surface area contributed by atoms with Crippen molar-refractivity contribution in [2.75, 3.05) is 25.0 Å². The number of nitrogens with zero attached hydrogens (tertiary/aromatic N) is 2. The average molecular weight is 264 g/mol. The minimum atomic E-state index is 0.511. The van der Waals surface area contributed by atoms with Crippen LogP contribution in [0.25, 0.3) is 0 Å². The van der Waals surface area contributed by atoms with Crippen molar-refractivity contribution >= 4 is 17.3 Å². The SMILES string of the molecule is CCN(CCNc1ccc(C#N)c(Cl)c1)C1CC1. The Morgan fingerprint density at radius 1 is 1.50 bits per heavy atom. The van der Waals surface area contributed by atoms with Gasteiger partial charge in [-0.25, -0.2) is 0 Å². The van der Waals surface area contributed by atoms with E-state index in [1.165, 1.54) is 12.8 Å². The highest BCUT2D eigenvalue weighted by molar-refractivity contribution is 6.32. The van der Waals surface area contributed by atoms with Crippen LogP contribution in [0.3, 0.4) is 0 Å². The van der Waals surface area contributed by atoms with Gasteiger partial charge >= 0.3 is 0 Å². The Morgan fingerprint density at radius 3 is 2.83 bits per heavy atom. The molecule has 0 saturated heterocycles. The molecule has 1 N–H and O–H groups in total. The van der Waals surface area contributed by atoms with E-state index in [9.17, 15) is 0 Å². The van der Waals surface area contributed by atoms with E-state index >= 15 is 0 Å². The molecule has 0 radical (unpaired) electrons. The summed E-state index contributed by atoms with van der Waals surface area (Å²) in [4.78, 5) is 2.50. The average Bonchev–Trinajstić information content (AvgIpc) is 3.19. The second-order valence-electron chi connectivity index (χ2n) is 4.59. The molecule has 1 fully saturated rings. The van der Waals surface area contributed by atoms with Gasteiger partial charge in [0.15, 0.2) is 0 Å². The topological polar surface area (TPSA) is 39.1 Å². The summed E-state index contributed by atoms with van der Waals surface area (Å²) in [6, 6.07) is 8.33. The van der Waals surface area contributed by atoms with E-state index in [2.05, 4.69) is 23.2 Å². The molecule has 1 aromatic carbocycles. The van der Waals surface area contributed by atoms with Gasteiger partial charge in [-0.05, 0) is 37.6 Å². The van der Waals surface area contributed by atoms with Crippen molar-refractivity contribution in [3.63, 3.8) is 0 Å². The molecule has 1 aliphatic carbocycles. The molecule has 0 aromatic heterocycles. The Labute approximate surface area is 113 Å². The third-order valence-electron chi connectivity index (χ3n) is 3.29. The van der Waals surface area contributed by atoms with Gasteiger partial charge in [0.1, 0.15) is 6.07 Å². The molecule has 0 amide bonds. The Hall–Kier alpha value is -1.24.